The molecule has 0 aromatic rings. The molecule has 12 heteroatoms. The minimum absolute atomic E-state index is 0.157. The Morgan fingerprint density at radius 1 is 0.403 bits per heavy atom. The molecular weight excluding hydrogens is 928 g/mol. The van der Waals surface area contributed by atoms with Crippen LogP contribution in [-0.4, -0.2) is 66.5 Å². The Hall–Kier alpha value is -2.56. The van der Waals surface area contributed by atoms with Gasteiger partial charge in [-0.15, -0.1) is 0 Å². The van der Waals surface area contributed by atoms with Crippen LogP contribution < -0.4 is 0 Å². The molecule has 0 saturated carbocycles. The van der Waals surface area contributed by atoms with E-state index in [4.69, 9.17) is 23.3 Å². The Labute approximate surface area is 441 Å². The van der Waals surface area contributed by atoms with Gasteiger partial charge in [0.2, 0.25) is 0 Å². The molecule has 72 heavy (non-hydrogen) atoms. The van der Waals surface area contributed by atoms with Crippen molar-refractivity contribution >= 4 is 25.7 Å². The van der Waals surface area contributed by atoms with Gasteiger partial charge in [-0.1, -0.05) is 230 Å². The van der Waals surface area contributed by atoms with Gasteiger partial charge in [0.15, 0.2) is 6.10 Å². The first-order valence-electron chi connectivity index (χ1n) is 29.5. The molecule has 0 radical (unpaired) electrons. The van der Waals surface area contributed by atoms with Crippen molar-refractivity contribution in [1.82, 2.24) is 0 Å². The molecule has 0 spiro atoms. The predicted molar refractivity (Wildman–Crippen MR) is 298 cm³/mol. The number of rotatable bonds is 55. The van der Waals surface area contributed by atoms with Gasteiger partial charge < -0.3 is 24.2 Å². The monoisotopic (exact) mass is 1040 g/mol. The highest BCUT2D eigenvalue weighted by Crippen LogP contribution is 2.43. The molecule has 3 atom stereocenters. The standard InChI is InChI=1S/C60H109O11P/c1-4-7-10-13-16-19-22-24-26-28-30-32-35-37-40-43-46-49-58(62)67-53-57(71-60(64)51-48-45-42-39-36-33-31-29-27-25-23-20-17-14-11-8-5-2)55-69-72(65,66)68-54-56(52-61)70-59(63)50-47-44-41-38-34-21-18-15-12-9-6-3/h8,11,17,20,24-27,56-57,61H,4-7,9-10,12-16,18-19,21-23,28-55H2,1-3H3,(H,65,66)/b11-8-,20-17-,26-24-,27-25-. The van der Waals surface area contributed by atoms with Crippen LogP contribution in [0.1, 0.15) is 278 Å². The maximum Gasteiger partial charge on any atom is 0.472 e. The van der Waals surface area contributed by atoms with Crippen LogP contribution in [0.3, 0.4) is 0 Å². The van der Waals surface area contributed by atoms with Gasteiger partial charge in [-0.2, -0.15) is 0 Å². The van der Waals surface area contributed by atoms with Gasteiger partial charge >= 0.3 is 25.7 Å². The lowest BCUT2D eigenvalue weighted by atomic mass is 10.1. The van der Waals surface area contributed by atoms with Gasteiger partial charge in [0.25, 0.3) is 0 Å². The number of hydrogen-bond acceptors (Lipinski definition) is 10. The van der Waals surface area contributed by atoms with Gasteiger partial charge in [0.1, 0.15) is 12.7 Å². The van der Waals surface area contributed by atoms with Crippen LogP contribution in [0.25, 0.3) is 0 Å². The average Bonchev–Trinajstić information content (AvgIpc) is 3.37. The van der Waals surface area contributed by atoms with Crippen LogP contribution >= 0.6 is 7.82 Å². The second kappa shape index (κ2) is 54.7. The van der Waals surface area contributed by atoms with Crippen molar-refractivity contribution in [2.45, 2.75) is 290 Å². The molecule has 0 fully saturated rings. The number of esters is 3. The SMILES string of the molecule is CC/C=C\C/C=C\C/C=C\CCCCCCCCCC(=O)OC(COC(=O)CCCCCCCCC/C=C\CCCCCCCC)COP(=O)(O)OCC(CO)OC(=O)CCCCCCCCCCCCC. The van der Waals surface area contributed by atoms with Gasteiger partial charge in [-0.3, -0.25) is 23.4 Å². The Kier molecular flexibility index (Phi) is 52.7. The normalized spacial score (nSPS) is 13.7. The fourth-order valence-corrected chi connectivity index (χ4v) is 9.03. The van der Waals surface area contributed by atoms with Gasteiger partial charge in [0, 0.05) is 19.3 Å². The van der Waals surface area contributed by atoms with Crippen molar-refractivity contribution in [3.05, 3.63) is 48.6 Å². The van der Waals surface area contributed by atoms with Crippen LogP contribution in [0.15, 0.2) is 48.6 Å². The van der Waals surface area contributed by atoms with Crippen molar-refractivity contribution in [3.63, 3.8) is 0 Å². The van der Waals surface area contributed by atoms with E-state index in [0.29, 0.717) is 19.3 Å². The lowest BCUT2D eigenvalue weighted by Crippen LogP contribution is -2.30. The average molecular weight is 1040 g/mol. The molecule has 0 bridgehead atoms. The summed E-state index contributed by atoms with van der Waals surface area (Å²) >= 11 is 0. The number of aliphatic hydroxyl groups excluding tert-OH is 1. The van der Waals surface area contributed by atoms with Crippen LogP contribution in [0.4, 0.5) is 0 Å². The van der Waals surface area contributed by atoms with Crippen molar-refractivity contribution in [1.29, 1.82) is 0 Å². The van der Waals surface area contributed by atoms with E-state index in [0.717, 1.165) is 96.3 Å². The van der Waals surface area contributed by atoms with Crippen LogP contribution in [-0.2, 0) is 42.2 Å². The van der Waals surface area contributed by atoms with E-state index in [9.17, 15) is 28.9 Å². The van der Waals surface area contributed by atoms with Crippen molar-refractivity contribution in [2.24, 2.45) is 0 Å². The zero-order chi connectivity index (χ0) is 52.7. The first-order valence-corrected chi connectivity index (χ1v) is 31.0. The summed E-state index contributed by atoms with van der Waals surface area (Å²) in [6, 6.07) is 0. The molecule has 0 aliphatic rings. The fraction of sp³-hybridized carbons (Fsp3) is 0.817. The molecular formula is C60H109O11P. The summed E-state index contributed by atoms with van der Waals surface area (Å²) in [5.41, 5.74) is 0. The number of phosphoric acid groups is 1. The van der Waals surface area contributed by atoms with E-state index < -0.39 is 57.8 Å². The molecule has 0 aromatic heterocycles. The van der Waals surface area contributed by atoms with E-state index in [1.807, 2.05) is 0 Å². The third-order valence-corrected chi connectivity index (χ3v) is 13.7. The second-order valence-corrected chi connectivity index (χ2v) is 21.2. The smallest absolute Gasteiger partial charge is 0.462 e. The van der Waals surface area contributed by atoms with Gasteiger partial charge in [-0.05, 0) is 77.0 Å². The molecule has 0 aliphatic carbocycles. The maximum absolute atomic E-state index is 12.9. The molecule has 11 nitrogen and oxygen atoms in total. The van der Waals surface area contributed by atoms with Crippen molar-refractivity contribution < 1.29 is 52.2 Å². The summed E-state index contributed by atoms with van der Waals surface area (Å²) in [4.78, 5) is 48.5. The highest BCUT2D eigenvalue weighted by Gasteiger charge is 2.28. The van der Waals surface area contributed by atoms with Crippen LogP contribution in [0, 0.1) is 0 Å². The topological polar surface area (TPSA) is 155 Å². The molecule has 0 saturated heterocycles. The summed E-state index contributed by atoms with van der Waals surface area (Å²) in [6.45, 7) is 4.54. The molecule has 0 aromatic carbocycles. The minimum Gasteiger partial charge on any atom is -0.462 e. The fourth-order valence-electron chi connectivity index (χ4n) is 8.25. The third kappa shape index (κ3) is 52.3. The largest absolute Gasteiger partial charge is 0.472 e. The number of carbonyl (C=O) groups is 3. The summed E-state index contributed by atoms with van der Waals surface area (Å²) in [7, 11) is -4.75. The number of allylic oxidation sites excluding steroid dienone is 8. The quantitative estimate of drug-likeness (QED) is 0.0197. The maximum atomic E-state index is 12.9. The molecule has 0 heterocycles. The van der Waals surface area contributed by atoms with E-state index in [-0.39, 0.29) is 25.9 Å². The molecule has 3 unspecified atom stereocenters. The first kappa shape index (κ1) is 69.4. The summed E-state index contributed by atoms with van der Waals surface area (Å²) < 4.78 is 39.5. The Bertz CT molecular complexity index is 1400. The summed E-state index contributed by atoms with van der Waals surface area (Å²) in [6.07, 6.45) is 57.8. The Balaban J connectivity index is 4.72. The number of hydrogen-bond donors (Lipinski definition) is 2. The number of unbranched alkanes of at least 4 members (excludes halogenated alkanes) is 30. The van der Waals surface area contributed by atoms with Crippen LogP contribution in [0.5, 0.6) is 0 Å². The highest BCUT2D eigenvalue weighted by molar-refractivity contribution is 7.47. The molecule has 420 valence electrons. The van der Waals surface area contributed by atoms with E-state index >= 15 is 0 Å². The summed E-state index contributed by atoms with van der Waals surface area (Å²) in [5.74, 6) is -1.47. The Morgan fingerprint density at radius 2 is 0.722 bits per heavy atom. The molecule has 0 amide bonds. The third-order valence-electron chi connectivity index (χ3n) is 12.7. The number of aliphatic hydroxyl groups is 1. The minimum atomic E-state index is -4.75. The van der Waals surface area contributed by atoms with E-state index in [2.05, 4.69) is 69.4 Å². The molecule has 0 rings (SSSR count). The van der Waals surface area contributed by atoms with Gasteiger partial charge in [-0.25, -0.2) is 4.57 Å². The number of phosphoric ester groups is 1. The van der Waals surface area contributed by atoms with Crippen LogP contribution in [0.2, 0.25) is 0 Å². The molecule has 2 N–H and O–H groups in total. The predicted octanol–water partition coefficient (Wildman–Crippen LogP) is 17.4. The van der Waals surface area contributed by atoms with E-state index in [1.54, 1.807) is 0 Å². The number of carbonyl (C=O) groups excluding carboxylic acids is 3. The highest BCUT2D eigenvalue weighted by atomic mass is 31.2. The van der Waals surface area contributed by atoms with Gasteiger partial charge in [0.05, 0.1) is 19.8 Å². The second-order valence-electron chi connectivity index (χ2n) is 19.8. The lowest BCUT2D eigenvalue weighted by molar-refractivity contribution is -0.161. The number of ether oxygens (including phenoxy) is 3. The first-order chi connectivity index (χ1) is 35.2. The van der Waals surface area contributed by atoms with Crippen molar-refractivity contribution in [3.8, 4) is 0 Å². The van der Waals surface area contributed by atoms with Crippen molar-refractivity contribution in [2.75, 3.05) is 26.4 Å². The summed E-state index contributed by atoms with van der Waals surface area (Å²) in [5, 5.41) is 9.80. The molecule has 0 aliphatic heterocycles. The van der Waals surface area contributed by atoms with E-state index in [1.165, 1.54) is 122 Å². The lowest BCUT2D eigenvalue weighted by Gasteiger charge is -2.21. The Morgan fingerprint density at radius 3 is 1.12 bits per heavy atom. The zero-order valence-electron chi connectivity index (χ0n) is 46.4. The zero-order valence-corrected chi connectivity index (χ0v) is 47.3.